The number of hydrogen-bond acceptors (Lipinski definition) is 5. The number of rotatable bonds is 5. The summed E-state index contributed by atoms with van der Waals surface area (Å²) in [6, 6.07) is 0. The molecule has 0 saturated heterocycles. The Kier molecular flexibility index (Phi) is 4.52. The third-order valence-corrected chi connectivity index (χ3v) is 3.51. The van der Waals surface area contributed by atoms with Crippen LogP contribution in [0.5, 0.6) is 0 Å². The topological polar surface area (TPSA) is 88.0 Å². The molecule has 0 aliphatic carbocycles. The average Bonchev–Trinajstić information content (AvgIpc) is 2.94. The van der Waals surface area contributed by atoms with Crippen LogP contribution in [0, 0.1) is 0 Å². The van der Waals surface area contributed by atoms with Gasteiger partial charge in [-0.25, -0.2) is 4.79 Å². The summed E-state index contributed by atoms with van der Waals surface area (Å²) in [5.74, 6) is -0.529. The Morgan fingerprint density at radius 3 is 2.71 bits per heavy atom. The fourth-order valence-electron chi connectivity index (χ4n) is 2.02. The molecule has 0 amide bonds. The first-order chi connectivity index (χ1) is 9.97. The lowest BCUT2D eigenvalue weighted by molar-refractivity contribution is 0.0519. The van der Waals surface area contributed by atoms with Crippen molar-refractivity contribution in [1.82, 2.24) is 19.6 Å². The lowest BCUT2D eigenvalue weighted by atomic mass is 10.3. The Hall–Kier alpha value is -2.02. The van der Waals surface area contributed by atoms with E-state index >= 15 is 0 Å². The number of carbonyl (C=O) groups excluding carboxylic acids is 1. The standard InChI is InChI=1S/C13H18ClN5O2/c1-4-9-11(14)10(18(3)16-9)7-19-6-8(15)12(17-19)13(20)21-5-2/h6H,4-5,7,15H2,1-3H3. The van der Waals surface area contributed by atoms with E-state index in [9.17, 15) is 4.79 Å². The van der Waals surface area contributed by atoms with Crippen LogP contribution in [0.3, 0.4) is 0 Å². The zero-order valence-corrected chi connectivity index (χ0v) is 13.0. The van der Waals surface area contributed by atoms with Gasteiger partial charge in [0.2, 0.25) is 0 Å². The molecule has 0 atom stereocenters. The summed E-state index contributed by atoms with van der Waals surface area (Å²) in [5.41, 5.74) is 7.84. The van der Waals surface area contributed by atoms with Gasteiger partial charge >= 0.3 is 5.97 Å². The van der Waals surface area contributed by atoms with E-state index in [0.717, 1.165) is 17.8 Å². The van der Waals surface area contributed by atoms with Gasteiger partial charge in [0, 0.05) is 13.2 Å². The molecule has 2 aromatic heterocycles. The number of nitrogens with two attached hydrogens (primary N) is 1. The van der Waals surface area contributed by atoms with E-state index in [-0.39, 0.29) is 18.0 Å². The minimum atomic E-state index is -0.529. The highest BCUT2D eigenvalue weighted by Gasteiger charge is 2.18. The number of nitrogen functional groups attached to an aromatic ring is 1. The molecule has 0 radical (unpaired) electrons. The van der Waals surface area contributed by atoms with E-state index in [0.29, 0.717) is 11.6 Å². The van der Waals surface area contributed by atoms with Crippen LogP contribution in [0.15, 0.2) is 6.20 Å². The number of aryl methyl sites for hydroxylation is 2. The third-order valence-electron chi connectivity index (χ3n) is 3.07. The monoisotopic (exact) mass is 311 g/mol. The molecule has 2 aromatic rings. The first-order valence-corrected chi connectivity index (χ1v) is 7.06. The highest BCUT2D eigenvalue weighted by molar-refractivity contribution is 6.31. The number of anilines is 1. The predicted octanol–water partition coefficient (Wildman–Crippen LogP) is 1.64. The van der Waals surface area contributed by atoms with Crippen molar-refractivity contribution < 1.29 is 9.53 Å². The van der Waals surface area contributed by atoms with E-state index in [4.69, 9.17) is 22.1 Å². The van der Waals surface area contributed by atoms with Gasteiger partial charge in [0.05, 0.1) is 35.2 Å². The summed E-state index contributed by atoms with van der Waals surface area (Å²) in [6.45, 7) is 4.38. The SMILES string of the molecule is CCOC(=O)c1nn(Cc2c(Cl)c(CC)nn2C)cc1N. The maximum atomic E-state index is 11.7. The Bertz CT molecular complexity index is 662. The summed E-state index contributed by atoms with van der Waals surface area (Å²) in [5, 5.41) is 9.11. The number of esters is 1. The number of carbonyl (C=O) groups is 1. The molecular formula is C13H18ClN5O2. The molecule has 21 heavy (non-hydrogen) atoms. The zero-order valence-electron chi connectivity index (χ0n) is 12.3. The van der Waals surface area contributed by atoms with Crippen molar-refractivity contribution in [2.24, 2.45) is 7.05 Å². The molecule has 0 saturated carbocycles. The molecule has 0 unspecified atom stereocenters. The van der Waals surface area contributed by atoms with Crippen molar-refractivity contribution >= 4 is 23.3 Å². The fourth-order valence-corrected chi connectivity index (χ4v) is 2.37. The fraction of sp³-hybridized carbons (Fsp3) is 0.462. The average molecular weight is 312 g/mol. The van der Waals surface area contributed by atoms with Crippen LogP contribution >= 0.6 is 11.6 Å². The van der Waals surface area contributed by atoms with Crippen molar-refractivity contribution in [3.8, 4) is 0 Å². The second-order valence-electron chi connectivity index (χ2n) is 4.54. The first-order valence-electron chi connectivity index (χ1n) is 6.68. The Morgan fingerprint density at radius 1 is 1.43 bits per heavy atom. The van der Waals surface area contributed by atoms with Crippen LogP contribution in [-0.2, 0) is 24.8 Å². The second kappa shape index (κ2) is 6.17. The molecule has 0 aromatic carbocycles. The van der Waals surface area contributed by atoms with Gasteiger partial charge in [-0.2, -0.15) is 10.2 Å². The smallest absolute Gasteiger partial charge is 0.361 e. The summed E-state index contributed by atoms with van der Waals surface area (Å²) >= 11 is 6.29. The summed E-state index contributed by atoms with van der Waals surface area (Å²) < 4.78 is 8.17. The highest BCUT2D eigenvalue weighted by Crippen LogP contribution is 2.22. The van der Waals surface area contributed by atoms with Crippen molar-refractivity contribution in [3.05, 3.63) is 28.3 Å². The van der Waals surface area contributed by atoms with Crippen LogP contribution in [0.2, 0.25) is 5.02 Å². The van der Waals surface area contributed by atoms with Crippen LogP contribution in [0.1, 0.15) is 35.7 Å². The summed E-state index contributed by atoms with van der Waals surface area (Å²) in [6.07, 6.45) is 2.34. The molecule has 0 spiro atoms. The van der Waals surface area contributed by atoms with E-state index in [1.807, 2.05) is 14.0 Å². The van der Waals surface area contributed by atoms with Gasteiger partial charge in [-0.15, -0.1) is 0 Å². The molecule has 0 fully saturated rings. The molecule has 0 aliphatic rings. The normalized spacial score (nSPS) is 10.9. The number of aromatic nitrogens is 4. The van der Waals surface area contributed by atoms with Gasteiger partial charge in [0.25, 0.3) is 0 Å². The van der Waals surface area contributed by atoms with E-state index < -0.39 is 5.97 Å². The lowest BCUT2D eigenvalue weighted by Gasteiger charge is -2.03. The molecule has 7 nitrogen and oxygen atoms in total. The van der Waals surface area contributed by atoms with Crippen molar-refractivity contribution in [3.63, 3.8) is 0 Å². The third kappa shape index (κ3) is 3.02. The summed E-state index contributed by atoms with van der Waals surface area (Å²) in [7, 11) is 1.82. The molecule has 8 heteroatoms. The van der Waals surface area contributed by atoms with Crippen molar-refractivity contribution in [2.45, 2.75) is 26.8 Å². The van der Waals surface area contributed by atoms with Gasteiger partial charge in [0.15, 0.2) is 5.69 Å². The number of hydrogen-bond donors (Lipinski definition) is 1. The van der Waals surface area contributed by atoms with E-state index in [1.165, 1.54) is 0 Å². The summed E-state index contributed by atoms with van der Waals surface area (Å²) in [4.78, 5) is 11.7. The first kappa shape index (κ1) is 15.4. The number of nitrogens with zero attached hydrogens (tertiary/aromatic N) is 4. The van der Waals surface area contributed by atoms with Crippen LogP contribution < -0.4 is 5.73 Å². The lowest BCUT2D eigenvalue weighted by Crippen LogP contribution is -2.10. The Labute approximate surface area is 127 Å². The van der Waals surface area contributed by atoms with Crippen molar-refractivity contribution in [1.29, 1.82) is 0 Å². The molecule has 2 N–H and O–H groups in total. The molecule has 2 rings (SSSR count). The number of halogens is 1. The van der Waals surface area contributed by atoms with E-state index in [2.05, 4.69) is 10.2 Å². The second-order valence-corrected chi connectivity index (χ2v) is 4.91. The predicted molar refractivity (Wildman–Crippen MR) is 79.3 cm³/mol. The van der Waals surface area contributed by atoms with Gasteiger partial charge in [-0.05, 0) is 13.3 Å². The number of ether oxygens (including phenoxy) is 1. The minimum Gasteiger partial charge on any atom is -0.461 e. The largest absolute Gasteiger partial charge is 0.461 e. The van der Waals surface area contributed by atoms with Gasteiger partial charge in [-0.3, -0.25) is 9.36 Å². The Balaban J connectivity index is 2.27. The van der Waals surface area contributed by atoms with Crippen LogP contribution in [0.25, 0.3) is 0 Å². The van der Waals surface area contributed by atoms with Gasteiger partial charge < -0.3 is 10.5 Å². The molecule has 2 heterocycles. The molecular weight excluding hydrogens is 294 g/mol. The highest BCUT2D eigenvalue weighted by atomic mass is 35.5. The van der Waals surface area contributed by atoms with Gasteiger partial charge in [0.1, 0.15) is 0 Å². The maximum absolute atomic E-state index is 11.7. The molecule has 0 aliphatic heterocycles. The Morgan fingerprint density at radius 2 is 2.14 bits per heavy atom. The quantitative estimate of drug-likeness (QED) is 0.848. The molecule has 0 bridgehead atoms. The minimum absolute atomic E-state index is 0.117. The van der Waals surface area contributed by atoms with E-state index in [1.54, 1.807) is 22.5 Å². The van der Waals surface area contributed by atoms with Gasteiger partial charge in [-0.1, -0.05) is 18.5 Å². The van der Waals surface area contributed by atoms with Crippen LogP contribution in [0.4, 0.5) is 5.69 Å². The maximum Gasteiger partial charge on any atom is 0.361 e. The zero-order chi connectivity index (χ0) is 15.6. The molecule has 114 valence electrons. The van der Waals surface area contributed by atoms with Crippen molar-refractivity contribution in [2.75, 3.05) is 12.3 Å². The van der Waals surface area contributed by atoms with Crippen LogP contribution in [-0.4, -0.2) is 32.1 Å².